The van der Waals surface area contributed by atoms with Crippen LogP contribution < -0.4 is 10.6 Å². The second-order valence-corrected chi connectivity index (χ2v) is 9.59. The van der Waals surface area contributed by atoms with Gasteiger partial charge in [0.2, 0.25) is 5.91 Å². The predicted molar refractivity (Wildman–Crippen MR) is 144 cm³/mol. The molecule has 0 radical (unpaired) electrons. The van der Waals surface area contributed by atoms with Crippen molar-refractivity contribution in [2.75, 3.05) is 18.5 Å². The highest BCUT2D eigenvalue weighted by molar-refractivity contribution is 6.32. The van der Waals surface area contributed by atoms with Crippen LogP contribution in [0.15, 0.2) is 42.5 Å². The van der Waals surface area contributed by atoms with Crippen molar-refractivity contribution in [3.8, 4) is 11.3 Å². The fourth-order valence-electron chi connectivity index (χ4n) is 4.26. The van der Waals surface area contributed by atoms with Crippen molar-refractivity contribution in [2.24, 2.45) is 0 Å². The maximum absolute atomic E-state index is 14.5. The maximum Gasteiger partial charge on any atom is 0.310 e. The molecule has 3 aromatic rings. The lowest BCUT2D eigenvalue weighted by molar-refractivity contribution is -0.143. The van der Waals surface area contributed by atoms with Gasteiger partial charge < -0.3 is 25.5 Å². The van der Waals surface area contributed by atoms with Gasteiger partial charge in [0.05, 0.1) is 24.8 Å². The van der Waals surface area contributed by atoms with Crippen LogP contribution in [0.25, 0.3) is 11.3 Å². The first-order chi connectivity index (χ1) is 19.2. The minimum absolute atomic E-state index is 0.0916. The predicted octanol–water partition coefficient (Wildman–Crippen LogP) is 4.54. The SMILES string of the molecule is Cc1cc(F)c(C(=O)N[C@H]2C/C=C/CCC(=O)Nc3cc(CC(=O)OCCO)ccc3-c3nc2[nH]c3Cl)c(F)c1. The smallest absolute Gasteiger partial charge is 0.310 e. The zero-order valence-electron chi connectivity index (χ0n) is 21.5. The molecule has 12 heteroatoms. The number of aliphatic hydroxyl groups excluding tert-OH is 1. The number of allylic oxidation sites excluding steroid dienone is 1. The molecule has 2 bridgehead atoms. The lowest BCUT2D eigenvalue weighted by Gasteiger charge is -2.16. The molecule has 2 aromatic carbocycles. The van der Waals surface area contributed by atoms with Crippen LogP contribution in [0.2, 0.25) is 5.15 Å². The molecular formula is C28H27ClF2N4O5. The van der Waals surface area contributed by atoms with Crippen molar-refractivity contribution in [1.82, 2.24) is 15.3 Å². The number of nitrogens with zero attached hydrogens (tertiary/aromatic N) is 1. The number of fused-ring (bicyclic) bond motifs is 4. The zero-order chi connectivity index (χ0) is 28.8. The number of hydrogen-bond acceptors (Lipinski definition) is 6. The Labute approximate surface area is 233 Å². The lowest BCUT2D eigenvalue weighted by atomic mass is 10.0. The number of aryl methyl sites for hydroxylation is 1. The third-order valence-electron chi connectivity index (χ3n) is 6.12. The van der Waals surface area contributed by atoms with Crippen molar-refractivity contribution < 1.29 is 33.0 Å². The Kier molecular flexibility index (Phi) is 9.28. The minimum Gasteiger partial charge on any atom is -0.463 e. The molecule has 0 fully saturated rings. The van der Waals surface area contributed by atoms with Gasteiger partial charge in [-0.1, -0.05) is 35.9 Å². The van der Waals surface area contributed by atoms with Gasteiger partial charge in [-0.3, -0.25) is 14.4 Å². The number of aromatic nitrogens is 2. The molecule has 1 aliphatic heterocycles. The summed E-state index contributed by atoms with van der Waals surface area (Å²) in [4.78, 5) is 45.1. The molecule has 1 aliphatic rings. The number of imidazole rings is 1. The first-order valence-corrected chi connectivity index (χ1v) is 12.9. The normalized spacial score (nSPS) is 16.0. The summed E-state index contributed by atoms with van der Waals surface area (Å²) in [7, 11) is 0. The number of aliphatic hydroxyl groups is 1. The van der Waals surface area contributed by atoms with E-state index in [1.807, 2.05) is 0 Å². The topological polar surface area (TPSA) is 133 Å². The summed E-state index contributed by atoms with van der Waals surface area (Å²) in [6.07, 6.45) is 4.13. The highest BCUT2D eigenvalue weighted by Gasteiger charge is 2.25. The fourth-order valence-corrected chi connectivity index (χ4v) is 4.51. The van der Waals surface area contributed by atoms with Gasteiger partial charge in [-0.2, -0.15) is 0 Å². The van der Waals surface area contributed by atoms with Crippen LogP contribution in [0.3, 0.4) is 0 Å². The van der Waals surface area contributed by atoms with E-state index in [0.29, 0.717) is 28.8 Å². The lowest BCUT2D eigenvalue weighted by Crippen LogP contribution is -2.30. The van der Waals surface area contributed by atoms with Gasteiger partial charge in [-0.15, -0.1) is 0 Å². The van der Waals surface area contributed by atoms with Gasteiger partial charge in [0.1, 0.15) is 40.5 Å². The van der Waals surface area contributed by atoms with E-state index in [4.69, 9.17) is 21.4 Å². The number of aromatic amines is 1. The summed E-state index contributed by atoms with van der Waals surface area (Å²) in [5, 5.41) is 14.4. The van der Waals surface area contributed by atoms with Crippen molar-refractivity contribution in [2.45, 2.75) is 38.6 Å². The first-order valence-electron chi connectivity index (χ1n) is 12.5. The molecule has 1 aromatic heterocycles. The van der Waals surface area contributed by atoms with E-state index >= 15 is 0 Å². The molecule has 9 nitrogen and oxygen atoms in total. The number of anilines is 1. The number of carbonyl (C=O) groups excluding carboxylic acids is 3. The molecule has 4 N–H and O–H groups in total. The van der Waals surface area contributed by atoms with Gasteiger partial charge in [0.15, 0.2) is 0 Å². The Morgan fingerprint density at radius 3 is 2.67 bits per heavy atom. The van der Waals surface area contributed by atoms with Crippen molar-refractivity contribution >= 4 is 35.1 Å². The molecule has 4 rings (SSSR count). The Morgan fingerprint density at radius 1 is 1.20 bits per heavy atom. The van der Waals surface area contributed by atoms with E-state index in [0.717, 1.165) is 12.1 Å². The largest absolute Gasteiger partial charge is 0.463 e. The van der Waals surface area contributed by atoms with Crippen LogP contribution in [-0.4, -0.2) is 46.1 Å². The maximum atomic E-state index is 14.5. The van der Waals surface area contributed by atoms with Crippen LogP contribution in [0.5, 0.6) is 0 Å². The second-order valence-electron chi connectivity index (χ2n) is 9.21. The van der Waals surface area contributed by atoms with Gasteiger partial charge in [-0.05, 0) is 49.1 Å². The molecule has 40 heavy (non-hydrogen) atoms. The summed E-state index contributed by atoms with van der Waals surface area (Å²) in [6.45, 7) is 1.10. The van der Waals surface area contributed by atoms with Gasteiger partial charge in [0.25, 0.3) is 5.91 Å². The molecule has 210 valence electrons. The highest BCUT2D eigenvalue weighted by atomic mass is 35.5. The average molecular weight is 573 g/mol. The molecule has 0 aliphatic carbocycles. The third kappa shape index (κ3) is 6.91. The van der Waals surface area contributed by atoms with Crippen LogP contribution in [0, 0.1) is 18.6 Å². The third-order valence-corrected chi connectivity index (χ3v) is 6.39. The quantitative estimate of drug-likeness (QED) is 0.253. The molecule has 0 spiro atoms. The summed E-state index contributed by atoms with van der Waals surface area (Å²) >= 11 is 6.50. The Morgan fingerprint density at radius 2 is 1.95 bits per heavy atom. The van der Waals surface area contributed by atoms with Crippen LogP contribution in [-0.2, 0) is 20.7 Å². The van der Waals surface area contributed by atoms with Crippen molar-refractivity contribution in [1.29, 1.82) is 0 Å². The second kappa shape index (κ2) is 12.8. The standard InChI is InChI=1S/C28H27ClF2N4O5/c1-15-11-18(30)24(19(31)12-15)28(39)33-20-5-3-2-4-6-22(37)32-21-13-16(14-23(38)40-10-9-36)7-8-17(21)25-26(29)35-27(20)34-25/h2-3,7-8,11-13,20,36H,4-6,9-10,14H2,1H3,(H,32,37)(H,33,39)(H,34,35)/b3-2+/t20-/m0/s1. The number of hydrogen-bond donors (Lipinski definition) is 4. The molecule has 2 amide bonds. The number of halogens is 3. The number of benzene rings is 2. The molecule has 1 atom stereocenters. The Bertz CT molecular complexity index is 1450. The minimum atomic E-state index is -0.983. The van der Waals surface area contributed by atoms with E-state index in [-0.39, 0.29) is 55.1 Å². The van der Waals surface area contributed by atoms with Crippen LogP contribution in [0.1, 0.15) is 52.6 Å². The van der Waals surface area contributed by atoms with Gasteiger partial charge in [-0.25, -0.2) is 13.8 Å². The molecular weight excluding hydrogens is 546 g/mol. The summed E-state index contributed by atoms with van der Waals surface area (Å²) < 4.78 is 33.9. The number of ether oxygens (including phenoxy) is 1. The number of esters is 1. The van der Waals surface area contributed by atoms with Crippen molar-refractivity contribution in [3.63, 3.8) is 0 Å². The number of amides is 2. The Balaban J connectivity index is 1.69. The molecule has 2 heterocycles. The summed E-state index contributed by atoms with van der Waals surface area (Å²) in [5.41, 5.74) is 1.24. The summed E-state index contributed by atoms with van der Waals surface area (Å²) in [5.74, 6) is -3.52. The van der Waals surface area contributed by atoms with Gasteiger partial charge >= 0.3 is 5.97 Å². The van der Waals surface area contributed by atoms with E-state index in [1.54, 1.807) is 30.4 Å². The number of carbonyl (C=O) groups is 3. The van der Waals surface area contributed by atoms with E-state index < -0.39 is 35.1 Å². The highest BCUT2D eigenvalue weighted by Crippen LogP contribution is 2.35. The summed E-state index contributed by atoms with van der Waals surface area (Å²) in [6, 6.07) is 6.22. The van der Waals surface area contributed by atoms with Crippen molar-refractivity contribution in [3.05, 3.63) is 81.8 Å². The first kappa shape index (κ1) is 28.9. The van der Waals surface area contributed by atoms with Crippen LogP contribution >= 0.6 is 11.6 Å². The van der Waals surface area contributed by atoms with Crippen LogP contribution in [0.4, 0.5) is 14.5 Å². The Hall–Kier alpha value is -4.09. The molecule has 0 saturated carbocycles. The monoisotopic (exact) mass is 572 g/mol. The fraction of sp³-hybridized carbons (Fsp3) is 0.286. The van der Waals surface area contributed by atoms with Gasteiger partial charge in [0, 0.05) is 12.0 Å². The average Bonchev–Trinajstić information content (AvgIpc) is 3.27. The van der Waals surface area contributed by atoms with E-state index in [1.165, 1.54) is 6.92 Å². The zero-order valence-corrected chi connectivity index (χ0v) is 22.3. The molecule has 0 unspecified atom stereocenters. The van der Waals surface area contributed by atoms with E-state index in [2.05, 4.69) is 20.6 Å². The number of nitrogens with one attached hydrogen (secondary N) is 3. The van der Waals surface area contributed by atoms with E-state index in [9.17, 15) is 23.2 Å². The number of H-pyrrole nitrogens is 1. The number of rotatable bonds is 6. The molecule has 0 saturated heterocycles.